The van der Waals surface area contributed by atoms with Gasteiger partial charge in [0.05, 0.1) is 12.1 Å². The van der Waals surface area contributed by atoms with Crippen LogP contribution >= 0.6 is 0 Å². The molecule has 0 N–H and O–H groups in total. The van der Waals surface area contributed by atoms with Crippen LogP contribution in [0.2, 0.25) is 0 Å². The number of nitrogens with zero attached hydrogens (tertiary/aromatic N) is 1. The quantitative estimate of drug-likeness (QED) is 0.653. The second-order valence-electron chi connectivity index (χ2n) is 4.41. The van der Waals surface area contributed by atoms with Crippen LogP contribution in [-0.2, 0) is 6.54 Å². The molecule has 0 aliphatic rings. The summed E-state index contributed by atoms with van der Waals surface area (Å²) in [6.07, 6.45) is 1.74. The lowest BCUT2D eigenvalue weighted by molar-refractivity contribution is 0.0973. The third kappa shape index (κ3) is 2.15. The molecule has 19 heavy (non-hydrogen) atoms. The van der Waals surface area contributed by atoms with Crippen LogP contribution < -0.4 is 0 Å². The van der Waals surface area contributed by atoms with Crippen molar-refractivity contribution in [3.63, 3.8) is 0 Å². The maximum atomic E-state index is 13.6. The fourth-order valence-electron chi connectivity index (χ4n) is 2.19. The Morgan fingerprint density at radius 1 is 1.00 bits per heavy atom. The van der Waals surface area contributed by atoms with Crippen molar-refractivity contribution in [3.05, 3.63) is 72.2 Å². The van der Waals surface area contributed by atoms with Crippen molar-refractivity contribution in [3.8, 4) is 0 Å². The maximum absolute atomic E-state index is 13.6. The van der Waals surface area contributed by atoms with E-state index in [-0.39, 0.29) is 18.1 Å². The molecule has 0 radical (unpaired) electrons. The van der Waals surface area contributed by atoms with Crippen molar-refractivity contribution in [2.75, 3.05) is 0 Å². The molecule has 1 aromatic heterocycles. The molecule has 0 bridgehead atoms. The molecule has 94 valence electrons. The summed E-state index contributed by atoms with van der Waals surface area (Å²) in [5, 5.41) is 0.545. The highest BCUT2D eigenvalue weighted by Gasteiger charge is 2.09. The molecule has 0 amide bonds. The van der Waals surface area contributed by atoms with Crippen LogP contribution in [0.4, 0.5) is 4.39 Å². The molecule has 0 saturated carbocycles. The van der Waals surface area contributed by atoms with Crippen LogP contribution in [0, 0.1) is 5.82 Å². The minimum atomic E-state index is -0.261. The van der Waals surface area contributed by atoms with E-state index < -0.39 is 0 Å². The molecule has 3 aromatic rings. The van der Waals surface area contributed by atoms with E-state index in [1.54, 1.807) is 35.0 Å². The average molecular weight is 253 g/mol. The van der Waals surface area contributed by atoms with Gasteiger partial charge in [0.15, 0.2) is 5.78 Å². The first-order valence-electron chi connectivity index (χ1n) is 6.07. The van der Waals surface area contributed by atoms with Gasteiger partial charge in [-0.2, -0.15) is 0 Å². The van der Waals surface area contributed by atoms with Gasteiger partial charge in [0, 0.05) is 17.1 Å². The number of carbonyl (C=O) groups excluding carboxylic acids is 1. The number of fused-ring (bicyclic) bond motifs is 1. The van der Waals surface area contributed by atoms with Crippen molar-refractivity contribution in [1.82, 2.24) is 4.57 Å². The summed E-state index contributed by atoms with van der Waals surface area (Å²) < 4.78 is 15.3. The number of Topliss-reactive ketones (excluding diaryl/α,β-unsaturated/α-hetero) is 1. The molecule has 0 fully saturated rings. The predicted octanol–water partition coefficient (Wildman–Crippen LogP) is 3.66. The highest BCUT2D eigenvalue weighted by atomic mass is 19.1. The molecular weight excluding hydrogens is 241 g/mol. The van der Waals surface area contributed by atoms with Crippen molar-refractivity contribution in [2.24, 2.45) is 0 Å². The summed E-state index contributed by atoms with van der Waals surface area (Å²) in [4.78, 5) is 12.1. The minimum Gasteiger partial charge on any atom is -0.340 e. The first-order valence-corrected chi connectivity index (χ1v) is 6.07. The average Bonchev–Trinajstić information content (AvgIpc) is 2.84. The Bertz CT molecular complexity index is 731. The Labute approximate surface area is 110 Å². The highest BCUT2D eigenvalue weighted by molar-refractivity contribution is 5.96. The number of halogens is 1. The molecule has 0 unspecified atom stereocenters. The number of rotatable bonds is 3. The second kappa shape index (κ2) is 4.69. The zero-order chi connectivity index (χ0) is 13.2. The van der Waals surface area contributed by atoms with Gasteiger partial charge in [0.25, 0.3) is 0 Å². The number of ketones is 1. The van der Waals surface area contributed by atoms with E-state index >= 15 is 0 Å². The molecule has 2 nitrogen and oxygen atoms in total. The van der Waals surface area contributed by atoms with Crippen LogP contribution in [-0.4, -0.2) is 10.4 Å². The zero-order valence-corrected chi connectivity index (χ0v) is 10.2. The number of hydrogen-bond acceptors (Lipinski definition) is 1. The monoisotopic (exact) mass is 253 g/mol. The summed E-state index contributed by atoms with van der Waals surface area (Å²) in [5.74, 6) is -0.245. The van der Waals surface area contributed by atoms with E-state index in [9.17, 15) is 9.18 Å². The number of hydrogen-bond donors (Lipinski definition) is 0. The smallest absolute Gasteiger partial charge is 0.182 e. The lowest BCUT2D eigenvalue weighted by Gasteiger charge is -2.05. The van der Waals surface area contributed by atoms with Crippen LogP contribution in [0.1, 0.15) is 10.4 Å². The van der Waals surface area contributed by atoms with E-state index in [4.69, 9.17) is 0 Å². The summed E-state index contributed by atoms with van der Waals surface area (Å²) in [6, 6.07) is 15.7. The third-order valence-electron chi connectivity index (χ3n) is 3.17. The van der Waals surface area contributed by atoms with E-state index in [2.05, 4.69) is 0 Å². The predicted molar refractivity (Wildman–Crippen MR) is 72.7 cm³/mol. The Hall–Kier alpha value is -2.42. The van der Waals surface area contributed by atoms with E-state index in [1.165, 1.54) is 6.07 Å². The molecule has 1 heterocycles. The van der Waals surface area contributed by atoms with Gasteiger partial charge in [-0.3, -0.25) is 4.79 Å². The molecule has 0 atom stereocenters. The normalized spacial score (nSPS) is 10.8. The van der Waals surface area contributed by atoms with Gasteiger partial charge in [-0.25, -0.2) is 4.39 Å². The molecular formula is C16H12FNO. The molecule has 2 aromatic carbocycles. The summed E-state index contributed by atoms with van der Waals surface area (Å²) in [7, 11) is 0. The Morgan fingerprint density at radius 2 is 1.79 bits per heavy atom. The largest absolute Gasteiger partial charge is 0.340 e. The van der Waals surface area contributed by atoms with Crippen molar-refractivity contribution in [1.29, 1.82) is 0 Å². The molecule has 3 heteroatoms. The second-order valence-corrected chi connectivity index (χ2v) is 4.41. The number of benzene rings is 2. The van der Waals surface area contributed by atoms with Crippen LogP contribution in [0.25, 0.3) is 10.9 Å². The third-order valence-corrected chi connectivity index (χ3v) is 3.17. The van der Waals surface area contributed by atoms with Crippen LogP contribution in [0.5, 0.6) is 0 Å². The van der Waals surface area contributed by atoms with Crippen molar-refractivity contribution < 1.29 is 9.18 Å². The topological polar surface area (TPSA) is 22.0 Å². The van der Waals surface area contributed by atoms with Gasteiger partial charge >= 0.3 is 0 Å². The number of carbonyl (C=O) groups is 1. The number of aromatic nitrogens is 1. The van der Waals surface area contributed by atoms with Gasteiger partial charge < -0.3 is 4.57 Å². The van der Waals surface area contributed by atoms with Crippen LogP contribution in [0.3, 0.4) is 0 Å². The fourth-order valence-corrected chi connectivity index (χ4v) is 2.19. The van der Waals surface area contributed by atoms with Crippen molar-refractivity contribution in [2.45, 2.75) is 6.54 Å². The zero-order valence-electron chi connectivity index (χ0n) is 10.2. The molecule has 0 spiro atoms. The van der Waals surface area contributed by atoms with Gasteiger partial charge in [-0.05, 0) is 18.2 Å². The lowest BCUT2D eigenvalue weighted by Crippen LogP contribution is -2.09. The SMILES string of the molecule is O=C(Cn1ccc2c(F)cccc21)c1ccccc1. The summed E-state index contributed by atoms with van der Waals surface area (Å²) in [6.45, 7) is 0.219. The van der Waals surface area contributed by atoms with E-state index in [1.807, 2.05) is 24.3 Å². The van der Waals surface area contributed by atoms with Crippen LogP contribution in [0.15, 0.2) is 60.8 Å². The molecule has 0 saturated heterocycles. The summed E-state index contributed by atoms with van der Waals surface area (Å²) >= 11 is 0. The van der Waals surface area contributed by atoms with E-state index in [0.717, 1.165) is 5.52 Å². The maximum Gasteiger partial charge on any atom is 0.182 e. The lowest BCUT2D eigenvalue weighted by atomic mass is 10.1. The van der Waals surface area contributed by atoms with E-state index in [0.29, 0.717) is 10.9 Å². The molecule has 0 aliphatic carbocycles. The molecule has 0 aliphatic heterocycles. The highest BCUT2D eigenvalue weighted by Crippen LogP contribution is 2.19. The fraction of sp³-hybridized carbons (Fsp3) is 0.0625. The first kappa shape index (κ1) is 11.7. The Balaban J connectivity index is 1.94. The first-order chi connectivity index (χ1) is 9.25. The Kier molecular flexibility index (Phi) is 2.88. The standard InChI is InChI=1S/C16H12FNO/c17-14-7-4-8-15-13(14)9-10-18(15)11-16(19)12-5-2-1-3-6-12/h1-10H,11H2. The van der Waals surface area contributed by atoms with Gasteiger partial charge in [0.2, 0.25) is 0 Å². The Morgan fingerprint density at radius 3 is 2.58 bits per heavy atom. The molecule has 3 rings (SSSR count). The van der Waals surface area contributed by atoms with Gasteiger partial charge in [0.1, 0.15) is 5.82 Å². The summed E-state index contributed by atoms with van der Waals surface area (Å²) in [5.41, 5.74) is 1.41. The minimum absolute atomic E-state index is 0.0161. The van der Waals surface area contributed by atoms with Gasteiger partial charge in [-0.1, -0.05) is 36.4 Å². The van der Waals surface area contributed by atoms with Gasteiger partial charge in [-0.15, -0.1) is 0 Å². The van der Waals surface area contributed by atoms with Crippen molar-refractivity contribution >= 4 is 16.7 Å².